The quantitative estimate of drug-likeness (QED) is 0.809. The van der Waals surface area contributed by atoms with E-state index in [1.54, 1.807) is 0 Å². The summed E-state index contributed by atoms with van der Waals surface area (Å²) >= 11 is 0. The van der Waals surface area contributed by atoms with Crippen molar-refractivity contribution in [1.29, 1.82) is 0 Å². The zero-order chi connectivity index (χ0) is 14.7. The van der Waals surface area contributed by atoms with Crippen molar-refractivity contribution in [3.63, 3.8) is 0 Å². The van der Waals surface area contributed by atoms with E-state index in [2.05, 4.69) is 24.3 Å². The molecule has 114 valence electrons. The minimum atomic E-state index is 0.105. The molecule has 4 fully saturated rings. The summed E-state index contributed by atoms with van der Waals surface area (Å²) in [6, 6.07) is 12.4. The summed E-state index contributed by atoms with van der Waals surface area (Å²) in [5.74, 6) is 3.76. The molecule has 6 rings (SSSR count). The Labute approximate surface area is 131 Å². The third-order valence-electron chi connectivity index (χ3n) is 6.23. The number of fused-ring (bicyclic) bond motifs is 1. The number of ether oxygens (including phenoxy) is 1. The van der Waals surface area contributed by atoms with Gasteiger partial charge in [0.25, 0.3) is 0 Å². The van der Waals surface area contributed by atoms with Gasteiger partial charge in [-0.15, -0.1) is 0 Å². The van der Waals surface area contributed by atoms with Crippen LogP contribution in [-0.2, 0) is 0 Å². The van der Waals surface area contributed by atoms with Gasteiger partial charge in [-0.2, -0.15) is 0 Å². The molecular formula is C20H23NO. The zero-order valence-electron chi connectivity index (χ0n) is 12.9. The van der Waals surface area contributed by atoms with Crippen molar-refractivity contribution >= 4 is 16.5 Å². The van der Waals surface area contributed by atoms with Crippen LogP contribution in [0.4, 0.5) is 5.69 Å². The number of benzene rings is 2. The van der Waals surface area contributed by atoms with Crippen molar-refractivity contribution in [3.05, 3.63) is 36.4 Å². The molecular weight excluding hydrogens is 270 g/mol. The molecule has 4 saturated carbocycles. The fraction of sp³-hybridized carbons (Fsp3) is 0.500. The van der Waals surface area contributed by atoms with Gasteiger partial charge in [-0.25, -0.2) is 0 Å². The highest BCUT2D eigenvalue weighted by atomic mass is 16.5. The lowest BCUT2D eigenvalue weighted by Gasteiger charge is -2.56. The molecule has 2 heteroatoms. The van der Waals surface area contributed by atoms with Crippen LogP contribution in [0, 0.1) is 17.8 Å². The standard InChI is InChI=1S/C20H23NO/c21-18-5-6-19(17-4-2-1-3-16(17)18)22-20-10-13-7-14(11-20)9-15(8-13)12-20/h1-6,13-15H,7-12,21H2. The van der Waals surface area contributed by atoms with Crippen molar-refractivity contribution in [2.75, 3.05) is 5.73 Å². The Balaban J connectivity index is 1.55. The summed E-state index contributed by atoms with van der Waals surface area (Å²) in [4.78, 5) is 0. The second-order valence-corrected chi connectivity index (χ2v) is 7.90. The lowest BCUT2D eigenvalue weighted by Crippen LogP contribution is -2.53. The van der Waals surface area contributed by atoms with Crippen molar-refractivity contribution in [2.45, 2.75) is 44.1 Å². The summed E-state index contributed by atoms with van der Waals surface area (Å²) in [6.07, 6.45) is 8.13. The third-order valence-corrected chi connectivity index (χ3v) is 6.23. The van der Waals surface area contributed by atoms with Crippen molar-refractivity contribution in [3.8, 4) is 5.75 Å². The Morgan fingerprint density at radius 3 is 2.05 bits per heavy atom. The van der Waals surface area contributed by atoms with Crippen LogP contribution in [0.2, 0.25) is 0 Å². The molecule has 2 nitrogen and oxygen atoms in total. The first kappa shape index (κ1) is 12.8. The molecule has 0 radical (unpaired) electrons. The normalized spacial score (nSPS) is 35.9. The highest BCUT2D eigenvalue weighted by Gasteiger charge is 2.52. The van der Waals surface area contributed by atoms with Crippen LogP contribution in [0.25, 0.3) is 10.8 Å². The summed E-state index contributed by atoms with van der Waals surface area (Å²) in [5.41, 5.74) is 7.08. The van der Waals surface area contributed by atoms with Crippen LogP contribution >= 0.6 is 0 Å². The fourth-order valence-electron chi connectivity index (χ4n) is 5.77. The molecule has 4 aliphatic rings. The molecule has 0 heterocycles. The number of rotatable bonds is 2. The van der Waals surface area contributed by atoms with Gasteiger partial charge in [-0.1, -0.05) is 24.3 Å². The molecule has 0 saturated heterocycles. The van der Waals surface area contributed by atoms with E-state index in [0.717, 1.165) is 34.6 Å². The summed E-state index contributed by atoms with van der Waals surface area (Å²) in [5, 5.41) is 2.28. The zero-order valence-corrected chi connectivity index (χ0v) is 12.9. The first-order chi connectivity index (χ1) is 10.7. The number of nitrogen functional groups attached to an aromatic ring is 1. The minimum absolute atomic E-state index is 0.105. The first-order valence-electron chi connectivity index (χ1n) is 8.67. The van der Waals surface area contributed by atoms with Gasteiger partial charge in [0, 0.05) is 16.5 Å². The Morgan fingerprint density at radius 1 is 0.818 bits per heavy atom. The molecule has 2 aromatic rings. The monoisotopic (exact) mass is 293 g/mol. The van der Waals surface area contributed by atoms with Gasteiger partial charge < -0.3 is 10.5 Å². The van der Waals surface area contributed by atoms with E-state index in [1.165, 1.54) is 43.9 Å². The Kier molecular flexibility index (Phi) is 2.56. The van der Waals surface area contributed by atoms with E-state index >= 15 is 0 Å². The molecule has 4 bridgehead atoms. The molecule has 0 spiro atoms. The summed E-state index contributed by atoms with van der Waals surface area (Å²) in [7, 11) is 0. The molecule has 0 atom stereocenters. The maximum atomic E-state index is 6.73. The van der Waals surface area contributed by atoms with Gasteiger partial charge in [-0.05, 0) is 68.4 Å². The SMILES string of the molecule is Nc1ccc(OC23CC4CC(CC(C4)C2)C3)c2ccccc12. The van der Waals surface area contributed by atoms with Crippen molar-refractivity contribution in [2.24, 2.45) is 17.8 Å². The van der Waals surface area contributed by atoms with Crippen LogP contribution < -0.4 is 10.5 Å². The predicted octanol–water partition coefficient (Wildman–Crippen LogP) is 4.77. The van der Waals surface area contributed by atoms with E-state index in [0.29, 0.717) is 0 Å². The second kappa shape index (κ2) is 4.41. The van der Waals surface area contributed by atoms with Crippen LogP contribution in [0.3, 0.4) is 0 Å². The van der Waals surface area contributed by atoms with Gasteiger partial charge in [0.1, 0.15) is 11.4 Å². The van der Waals surface area contributed by atoms with Crippen LogP contribution in [0.1, 0.15) is 38.5 Å². The summed E-state index contributed by atoms with van der Waals surface area (Å²) in [6.45, 7) is 0. The van der Waals surface area contributed by atoms with E-state index in [1.807, 2.05) is 12.1 Å². The predicted molar refractivity (Wildman–Crippen MR) is 89.9 cm³/mol. The third kappa shape index (κ3) is 1.86. The number of hydrogen-bond acceptors (Lipinski definition) is 2. The second-order valence-electron chi connectivity index (χ2n) is 7.90. The average molecular weight is 293 g/mol. The Bertz CT molecular complexity index is 700. The van der Waals surface area contributed by atoms with E-state index in [9.17, 15) is 0 Å². The molecule has 0 amide bonds. The summed E-state index contributed by atoms with van der Waals surface area (Å²) < 4.78 is 6.73. The van der Waals surface area contributed by atoms with Gasteiger partial charge in [-0.3, -0.25) is 0 Å². The van der Waals surface area contributed by atoms with Crippen LogP contribution in [0.5, 0.6) is 5.75 Å². The molecule has 2 N–H and O–H groups in total. The topological polar surface area (TPSA) is 35.2 Å². The van der Waals surface area contributed by atoms with Crippen molar-refractivity contribution in [1.82, 2.24) is 0 Å². The lowest BCUT2D eigenvalue weighted by atomic mass is 9.54. The first-order valence-corrected chi connectivity index (χ1v) is 8.67. The Morgan fingerprint density at radius 2 is 1.41 bits per heavy atom. The molecule has 22 heavy (non-hydrogen) atoms. The van der Waals surface area contributed by atoms with Gasteiger partial charge in [0.2, 0.25) is 0 Å². The van der Waals surface area contributed by atoms with Crippen LogP contribution in [0.15, 0.2) is 36.4 Å². The number of hydrogen-bond donors (Lipinski definition) is 1. The molecule has 2 aromatic carbocycles. The Hall–Kier alpha value is -1.70. The minimum Gasteiger partial charge on any atom is -0.487 e. The smallest absolute Gasteiger partial charge is 0.128 e. The molecule has 0 aromatic heterocycles. The molecule has 0 unspecified atom stereocenters. The largest absolute Gasteiger partial charge is 0.487 e. The van der Waals surface area contributed by atoms with E-state index in [-0.39, 0.29) is 5.60 Å². The van der Waals surface area contributed by atoms with Crippen LogP contribution in [-0.4, -0.2) is 5.60 Å². The van der Waals surface area contributed by atoms with Crippen molar-refractivity contribution < 1.29 is 4.74 Å². The van der Waals surface area contributed by atoms with E-state index in [4.69, 9.17) is 10.5 Å². The molecule has 0 aliphatic heterocycles. The molecule has 4 aliphatic carbocycles. The van der Waals surface area contributed by atoms with Gasteiger partial charge >= 0.3 is 0 Å². The van der Waals surface area contributed by atoms with Gasteiger partial charge in [0.15, 0.2) is 0 Å². The van der Waals surface area contributed by atoms with Gasteiger partial charge in [0.05, 0.1) is 0 Å². The highest BCUT2D eigenvalue weighted by molar-refractivity contribution is 5.97. The number of anilines is 1. The lowest BCUT2D eigenvalue weighted by molar-refractivity contribution is -0.107. The fourth-order valence-corrected chi connectivity index (χ4v) is 5.77. The maximum Gasteiger partial charge on any atom is 0.128 e. The maximum absolute atomic E-state index is 6.73. The average Bonchev–Trinajstić information content (AvgIpc) is 2.49. The van der Waals surface area contributed by atoms with E-state index < -0.39 is 0 Å². The highest BCUT2D eigenvalue weighted by Crippen LogP contribution is 2.57. The number of nitrogens with two attached hydrogens (primary N) is 1.